The zero-order valence-electron chi connectivity index (χ0n) is 13.1. The third-order valence-electron chi connectivity index (χ3n) is 3.87. The van der Waals surface area contributed by atoms with Crippen LogP contribution in [-0.4, -0.2) is 18.1 Å². The zero-order valence-corrected chi connectivity index (χ0v) is 13.1. The lowest BCUT2D eigenvalue weighted by atomic mass is 10.1. The highest BCUT2D eigenvalue weighted by Gasteiger charge is 2.36. The lowest BCUT2D eigenvalue weighted by molar-refractivity contribution is -0.122. The van der Waals surface area contributed by atoms with Crippen molar-refractivity contribution in [1.82, 2.24) is 5.32 Å². The van der Waals surface area contributed by atoms with Gasteiger partial charge in [0.05, 0.1) is 11.7 Å². The zero-order chi connectivity index (χ0) is 16.2. The van der Waals surface area contributed by atoms with Crippen LogP contribution in [0.4, 0.5) is 5.69 Å². The van der Waals surface area contributed by atoms with Crippen molar-refractivity contribution in [3.63, 3.8) is 0 Å². The fourth-order valence-corrected chi connectivity index (χ4v) is 2.65. The Balaban J connectivity index is 1.83. The molecule has 1 saturated heterocycles. The predicted octanol–water partition coefficient (Wildman–Crippen LogP) is 2.36. The van der Waals surface area contributed by atoms with E-state index in [0.29, 0.717) is 6.42 Å². The van der Waals surface area contributed by atoms with Crippen LogP contribution >= 0.6 is 0 Å². The average Bonchev–Trinajstić information content (AvgIpc) is 3.00. The van der Waals surface area contributed by atoms with Crippen LogP contribution in [0.25, 0.3) is 0 Å². The maximum Gasteiger partial charge on any atom is 0.238 e. The minimum atomic E-state index is -0.552. The number of nitrogens with zero attached hydrogens (tertiary/aromatic N) is 1. The van der Waals surface area contributed by atoms with Gasteiger partial charge in [-0.2, -0.15) is 0 Å². The number of nitrogens with one attached hydrogen (secondary N) is 1. The van der Waals surface area contributed by atoms with Crippen molar-refractivity contribution >= 4 is 11.6 Å². The molecule has 1 fully saturated rings. The van der Waals surface area contributed by atoms with Crippen molar-refractivity contribution < 1.29 is 9.63 Å². The Kier molecular flexibility index (Phi) is 4.60. The van der Waals surface area contributed by atoms with Crippen molar-refractivity contribution in [3.05, 3.63) is 66.2 Å². The summed E-state index contributed by atoms with van der Waals surface area (Å²) in [6, 6.07) is 19.2. The van der Waals surface area contributed by atoms with Gasteiger partial charge in [-0.1, -0.05) is 48.5 Å². The number of amides is 1. The van der Waals surface area contributed by atoms with Gasteiger partial charge in [0.1, 0.15) is 12.3 Å². The van der Waals surface area contributed by atoms with Gasteiger partial charge in [0.25, 0.3) is 0 Å². The highest BCUT2D eigenvalue weighted by molar-refractivity contribution is 5.81. The second-order valence-corrected chi connectivity index (χ2v) is 5.71. The van der Waals surface area contributed by atoms with Crippen molar-refractivity contribution in [1.29, 1.82) is 0 Å². The number of para-hydroxylation sites is 1. The molecule has 3 rings (SSSR count). The van der Waals surface area contributed by atoms with Crippen molar-refractivity contribution in [3.8, 4) is 0 Å². The first-order valence-electron chi connectivity index (χ1n) is 7.77. The summed E-state index contributed by atoms with van der Waals surface area (Å²) in [6.45, 7) is 1.67. The number of carbonyl (C=O) groups excluding carboxylic acids is 1. The Morgan fingerprint density at radius 2 is 1.78 bits per heavy atom. The third-order valence-corrected chi connectivity index (χ3v) is 3.87. The molecule has 0 radical (unpaired) electrons. The molecular formula is C18H21N3O2. The quantitative estimate of drug-likeness (QED) is 0.909. The number of benzene rings is 2. The molecule has 120 valence electrons. The fourth-order valence-electron chi connectivity index (χ4n) is 2.65. The maximum atomic E-state index is 12.0. The van der Waals surface area contributed by atoms with Crippen LogP contribution in [0.2, 0.25) is 0 Å². The molecule has 0 aromatic heterocycles. The number of hydrogen-bond acceptors (Lipinski definition) is 4. The van der Waals surface area contributed by atoms with E-state index < -0.39 is 6.04 Å². The van der Waals surface area contributed by atoms with Crippen LogP contribution < -0.4 is 16.1 Å². The van der Waals surface area contributed by atoms with E-state index >= 15 is 0 Å². The van der Waals surface area contributed by atoms with Crippen LogP contribution in [0.5, 0.6) is 0 Å². The van der Waals surface area contributed by atoms with E-state index in [0.717, 1.165) is 11.3 Å². The van der Waals surface area contributed by atoms with E-state index in [9.17, 15) is 4.79 Å². The summed E-state index contributed by atoms with van der Waals surface area (Å²) in [7, 11) is 0. The first kappa shape index (κ1) is 15.5. The molecule has 0 saturated carbocycles. The Morgan fingerprint density at radius 3 is 2.39 bits per heavy atom. The Bertz CT molecular complexity index is 646. The second kappa shape index (κ2) is 6.81. The maximum absolute atomic E-state index is 12.0. The fraction of sp³-hybridized carbons (Fsp3) is 0.278. The molecule has 1 aliphatic rings. The first-order chi connectivity index (χ1) is 11.1. The highest BCUT2D eigenvalue weighted by Crippen LogP contribution is 2.35. The highest BCUT2D eigenvalue weighted by atomic mass is 16.7. The molecule has 0 unspecified atom stereocenters. The van der Waals surface area contributed by atoms with Crippen LogP contribution in [0.1, 0.15) is 25.0 Å². The summed E-state index contributed by atoms with van der Waals surface area (Å²) in [5, 5.41) is 4.73. The lowest BCUT2D eigenvalue weighted by Crippen LogP contribution is -2.49. The van der Waals surface area contributed by atoms with E-state index in [1.807, 2.05) is 60.7 Å². The van der Waals surface area contributed by atoms with E-state index in [2.05, 4.69) is 5.32 Å². The monoisotopic (exact) mass is 311 g/mol. The molecule has 3 N–H and O–H groups in total. The number of carbonyl (C=O) groups is 1. The third kappa shape index (κ3) is 3.52. The molecule has 1 heterocycles. The standard InChI is InChI=1S/C18H21N3O2/c1-13(19)18(22)20-17-12-16(14-8-4-2-5-9-14)23-21(17)15-10-6-3-7-11-15/h2-11,13,16-17H,12,19H2,1H3,(H,20,22)/t13-,16+,17-/m0/s1. The summed E-state index contributed by atoms with van der Waals surface area (Å²) in [6.07, 6.45) is 0.313. The topological polar surface area (TPSA) is 67.6 Å². The molecule has 5 nitrogen and oxygen atoms in total. The molecule has 1 aliphatic heterocycles. The van der Waals surface area contributed by atoms with Gasteiger partial charge in [0.15, 0.2) is 0 Å². The minimum absolute atomic E-state index is 0.102. The average molecular weight is 311 g/mol. The van der Waals surface area contributed by atoms with Gasteiger partial charge in [-0.15, -0.1) is 0 Å². The number of hydroxylamine groups is 1. The molecular weight excluding hydrogens is 290 g/mol. The van der Waals surface area contributed by atoms with E-state index in [1.165, 1.54) is 0 Å². The van der Waals surface area contributed by atoms with Gasteiger partial charge < -0.3 is 11.1 Å². The van der Waals surface area contributed by atoms with E-state index in [1.54, 1.807) is 12.0 Å². The Morgan fingerprint density at radius 1 is 1.17 bits per heavy atom. The largest absolute Gasteiger partial charge is 0.332 e. The van der Waals surface area contributed by atoms with Crippen LogP contribution in [0.15, 0.2) is 60.7 Å². The van der Waals surface area contributed by atoms with Crippen LogP contribution in [-0.2, 0) is 9.63 Å². The molecule has 1 amide bonds. The molecule has 0 bridgehead atoms. The summed E-state index contributed by atoms with van der Waals surface area (Å²) in [5.74, 6) is -0.187. The molecule has 2 aromatic carbocycles. The van der Waals surface area contributed by atoms with Gasteiger partial charge in [0.2, 0.25) is 5.91 Å². The van der Waals surface area contributed by atoms with Gasteiger partial charge in [-0.25, -0.2) is 5.06 Å². The number of rotatable bonds is 4. The molecule has 23 heavy (non-hydrogen) atoms. The van der Waals surface area contributed by atoms with E-state index in [-0.39, 0.29) is 18.2 Å². The van der Waals surface area contributed by atoms with Gasteiger partial charge in [-0.3, -0.25) is 9.63 Å². The van der Waals surface area contributed by atoms with Crippen molar-refractivity contribution in [2.24, 2.45) is 5.73 Å². The Hall–Kier alpha value is -2.37. The summed E-state index contributed by atoms with van der Waals surface area (Å²) < 4.78 is 0. The van der Waals surface area contributed by atoms with Crippen LogP contribution in [0, 0.1) is 0 Å². The smallest absolute Gasteiger partial charge is 0.238 e. The molecule has 0 aliphatic carbocycles. The molecule has 5 heteroatoms. The molecule has 0 spiro atoms. The predicted molar refractivity (Wildman–Crippen MR) is 89.4 cm³/mol. The summed E-state index contributed by atoms with van der Waals surface area (Å²) >= 11 is 0. The first-order valence-corrected chi connectivity index (χ1v) is 7.77. The normalized spacial score (nSPS) is 21.9. The Labute approximate surface area is 136 Å². The van der Waals surface area contributed by atoms with Crippen molar-refractivity contribution in [2.75, 3.05) is 5.06 Å². The summed E-state index contributed by atoms with van der Waals surface area (Å²) in [5.41, 5.74) is 7.67. The van der Waals surface area contributed by atoms with E-state index in [4.69, 9.17) is 10.6 Å². The number of nitrogens with two attached hydrogens (primary N) is 1. The lowest BCUT2D eigenvalue weighted by Gasteiger charge is -2.25. The minimum Gasteiger partial charge on any atom is -0.332 e. The SMILES string of the molecule is C[C@H](N)C(=O)N[C@@H]1C[C@H](c2ccccc2)ON1c1ccccc1. The van der Waals surface area contributed by atoms with Gasteiger partial charge in [0, 0.05) is 6.42 Å². The van der Waals surface area contributed by atoms with Crippen molar-refractivity contribution in [2.45, 2.75) is 31.7 Å². The second-order valence-electron chi connectivity index (χ2n) is 5.71. The number of anilines is 1. The number of hydrogen-bond donors (Lipinski definition) is 2. The van der Waals surface area contributed by atoms with Gasteiger partial charge in [-0.05, 0) is 24.6 Å². The molecule has 3 atom stereocenters. The van der Waals surface area contributed by atoms with Crippen LogP contribution in [0.3, 0.4) is 0 Å². The van der Waals surface area contributed by atoms with Gasteiger partial charge >= 0.3 is 0 Å². The summed E-state index contributed by atoms with van der Waals surface area (Å²) in [4.78, 5) is 18.1. The molecule has 2 aromatic rings.